The summed E-state index contributed by atoms with van der Waals surface area (Å²) in [5, 5.41) is 9.14. The van der Waals surface area contributed by atoms with Crippen LogP contribution in [0.3, 0.4) is 0 Å². The van der Waals surface area contributed by atoms with E-state index in [9.17, 15) is 13.2 Å². The Morgan fingerprint density at radius 2 is 2.05 bits per heavy atom. The number of methoxy groups -OCH3 is 1. The standard InChI is InChI=1S/C13H18ClNO5S/c1-13(2,8-16)7-15-21(18,19)11-6-9(12(17)20-3)4-5-10(11)14/h4-6,15-16H,7-8H2,1-3H3. The molecule has 0 unspecified atom stereocenters. The number of benzene rings is 1. The Morgan fingerprint density at radius 1 is 1.43 bits per heavy atom. The van der Waals surface area contributed by atoms with Crippen LogP contribution < -0.4 is 4.72 Å². The van der Waals surface area contributed by atoms with Gasteiger partial charge in [-0.3, -0.25) is 0 Å². The van der Waals surface area contributed by atoms with Crippen LogP contribution in [0, 0.1) is 5.41 Å². The second-order valence-corrected chi connectivity index (χ2v) is 7.43. The normalized spacial score (nSPS) is 12.2. The fourth-order valence-electron chi connectivity index (χ4n) is 1.38. The van der Waals surface area contributed by atoms with Crippen molar-refractivity contribution < 1.29 is 23.1 Å². The SMILES string of the molecule is COC(=O)c1ccc(Cl)c(S(=O)(=O)NCC(C)(C)CO)c1. The highest BCUT2D eigenvalue weighted by Gasteiger charge is 2.24. The number of hydrogen-bond donors (Lipinski definition) is 2. The lowest BCUT2D eigenvalue weighted by Crippen LogP contribution is -2.36. The van der Waals surface area contributed by atoms with E-state index in [2.05, 4.69) is 9.46 Å². The highest BCUT2D eigenvalue weighted by atomic mass is 35.5. The van der Waals surface area contributed by atoms with Gasteiger partial charge in [-0.25, -0.2) is 17.9 Å². The molecule has 6 nitrogen and oxygen atoms in total. The predicted octanol–water partition coefficient (Wildman–Crippen LogP) is 1.42. The summed E-state index contributed by atoms with van der Waals surface area (Å²) in [5.41, 5.74) is -0.525. The number of rotatable bonds is 6. The molecule has 0 atom stereocenters. The first-order valence-corrected chi connectivity index (χ1v) is 7.97. The zero-order chi connectivity index (χ0) is 16.3. The van der Waals surface area contributed by atoms with Crippen LogP contribution >= 0.6 is 11.6 Å². The van der Waals surface area contributed by atoms with Gasteiger partial charge in [0, 0.05) is 18.6 Å². The molecule has 0 aliphatic carbocycles. The molecule has 1 aromatic rings. The molecule has 8 heteroatoms. The van der Waals surface area contributed by atoms with Crippen LogP contribution in [-0.2, 0) is 14.8 Å². The molecule has 1 aromatic carbocycles. The van der Waals surface area contributed by atoms with Crippen molar-refractivity contribution in [1.29, 1.82) is 0 Å². The topological polar surface area (TPSA) is 92.7 Å². The number of carbonyl (C=O) groups is 1. The molecular weight excluding hydrogens is 318 g/mol. The molecule has 0 heterocycles. The van der Waals surface area contributed by atoms with Crippen molar-refractivity contribution in [3.05, 3.63) is 28.8 Å². The van der Waals surface area contributed by atoms with E-state index >= 15 is 0 Å². The summed E-state index contributed by atoms with van der Waals surface area (Å²) >= 11 is 5.89. The van der Waals surface area contributed by atoms with E-state index < -0.39 is 21.4 Å². The Hall–Kier alpha value is -1.15. The Bertz CT molecular complexity index is 627. The molecular formula is C13H18ClNO5S. The highest BCUT2D eigenvalue weighted by molar-refractivity contribution is 7.89. The number of hydrogen-bond acceptors (Lipinski definition) is 5. The lowest BCUT2D eigenvalue weighted by Gasteiger charge is -2.22. The largest absolute Gasteiger partial charge is 0.465 e. The van der Waals surface area contributed by atoms with Gasteiger partial charge in [0.15, 0.2) is 0 Å². The summed E-state index contributed by atoms with van der Waals surface area (Å²) in [6.07, 6.45) is 0. The number of sulfonamides is 1. The zero-order valence-corrected chi connectivity index (χ0v) is 13.6. The van der Waals surface area contributed by atoms with Gasteiger partial charge in [-0.2, -0.15) is 0 Å². The van der Waals surface area contributed by atoms with Crippen LogP contribution in [0.15, 0.2) is 23.1 Å². The maximum Gasteiger partial charge on any atom is 0.337 e. The summed E-state index contributed by atoms with van der Waals surface area (Å²) in [7, 11) is -2.70. The van der Waals surface area contributed by atoms with Crippen molar-refractivity contribution in [2.45, 2.75) is 18.7 Å². The molecule has 1 rings (SSSR count). The van der Waals surface area contributed by atoms with Crippen molar-refractivity contribution in [3.8, 4) is 0 Å². The molecule has 2 N–H and O–H groups in total. The van der Waals surface area contributed by atoms with Crippen LogP contribution in [0.25, 0.3) is 0 Å². The average Bonchev–Trinajstić information content (AvgIpc) is 2.45. The lowest BCUT2D eigenvalue weighted by molar-refractivity contribution is 0.0600. The van der Waals surface area contributed by atoms with Crippen LogP contribution in [0.4, 0.5) is 0 Å². The Kier molecular flexibility index (Phi) is 5.75. The number of halogens is 1. The minimum atomic E-state index is -3.90. The fourth-order valence-corrected chi connectivity index (χ4v) is 3.14. The van der Waals surface area contributed by atoms with Crippen LogP contribution in [0.1, 0.15) is 24.2 Å². The van der Waals surface area contributed by atoms with Gasteiger partial charge < -0.3 is 9.84 Å². The molecule has 0 radical (unpaired) electrons. The second kappa shape index (κ2) is 6.74. The van der Waals surface area contributed by atoms with Gasteiger partial charge >= 0.3 is 5.97 Å². The van der Waals surface area contributed by atoms with Gasteiger partial charge in [-0.1, -0.05) is 25.4 Å². The minimum Gasteiger partial charge on any atom is -0.465 e. The third-order valence-electron chi connectivity index (χ3n) is 2.81. The summed E-state index contributed by atoms with van der Waals surface area (Å²) in [5.74, 6) is -0.654. The molecule has 21 heavy (non-hydrogen) atoms. The van der Waals surface area contributed by atoms with Gasteiger partial charge in [0.05, 0.1) is 17.7 Å². The quantitative estimate of drug-likeness (QED) is 0.767. The smallest absolute Gasteiger partial charge is 0.337 e. The molecule has 0 aliphatic rings. The number of aliphatic hydroxyl groups excluding tert-OH is 1. The van der Waals surface area contributed by atoms with Crippen molar-refractivity contribution >= 4 is 27.6 Å². The van der Waals surface area contributed by atoms with Crippen molar-refractivity contribution in [3.63, 3.8) is 0 Å². The van der Waals surface area contributed by atoms with Crippen LogP contribution in [0.5, 0.6) is 0 Å². The molecule has 0 aromatic heterocycles. The Balaban J connectivity index is 3.10. The lowest BCUT2D eigenvalue weighted by atomic mass is 9.96. The first kappa shape index (κ1) is 17.9. The van der Waals surface area contributed by atoms with Gasteiger partial charge in [0.2, 0.25) is 10.0 Å². The number of aliphatic hydroxyl groups is 1. The first-order valence-electron chi connectivity index (χ1n) is 6.11. The maximum absolute atomic E-state index is 12.2. The summed E-state index contributed by atoms with van der Waals surface area (Å²) in [6.45, 7) is 3.28. The van der Waals surface area contributed by atoms with Crippen LogP contribution in [-0.4, -0.2) is 39.8 Å². The van der Waals surface area contributed by atoms with Gasteiger partial charge in [0.1, 0.15) is 4.90 Å². The van der Waals surface area contributed by atoms with Crippen molar-refractivity contribution in [1.82, 2.24) is 4.72 Å². The monoisotopic (exact) mass is 335 g/mol. The Morgan fingerprint density at radius 3 is 2.57 bits per heavy atom. The van der Waals surface area contributed by atoms with E-state index in [1.165, 1.54) is 19.2 Å². The number of esters is 1. The average molecular weight is 336 g/mol. The first-order chi connectivity index (χ1) is 9.63. The predicted molar refractivity (Wildman–Crippen MR) is 78.8 cm³/mol. The number of nitrogens with one attached hydrogen (secondary N) is 1. The molecule has 0 amide bonds. The number of ether oxygens (including phenoxy) is 1. The molecule has 118 valence electrons. The zero-order valence-electron chi connectivity index (χ0n) is 12.0. The van der Waals surface area contributed by atoms with E-state index in [0.717, 1.165) is 6.07 Å². The fraction of sp³-hybridized carbons (Fsp3) is 0.462. The molecule has 0 aliphatic heterocycles. The number of carbonyl (C=O) groups excluding carboxylic acids is 1. The van der Waals surface area contributed by atoms with Gasteiger partial charge in [-0.15, -0.1) is 0 Å². The van der Waals surface area contributed by atoms with E-state index in [1.807, 2.05) is 0 Å². The molecule has 0 spiro atoms. The maximum atomic E-state index is 12.2. The third kappa shape index (κ3) is 4.67. The van der Waals surface area contributed by atoms with E-state index in [-0.39, 0.29) is 28.6 Å². The van der Waals surface area contributed by atoms with Crippen molar-refractivity contribution in [2.75, 3.05) is 20.3 Å². The van der Waals surface area contributed by atoms with Crippen molar-refractivity contribution in [2.24, 2.45) is 5.41 Å². The summed E-state index contributed by atoms with van der Waals surface area (Å²) in [6, 6.07) is 3.85. The van der Waals surface area contributed by atoms with Gasteiger partial charge in [-0.05, 0) is 18.2 Å². The molecule has 0 saturated carbocycles. The minimum absolute atomic E-state index is 0.00282. The Labute approximate surface area is 129 Å². The highest BCUT2D eigenvalue weighted by Crippen LogP contribution is 2.24. The third-order valence-corrected chi connectivity index (χ3v) is 4.69. The van der Waals surface area contributed by atoms with E-state index in [1.54, 1.807) is 13.8 Å². The second-order valence-electron chi connectivity index (χ2n) is 5.28. The van der Waals surface area contributed by atoms with Crippen LogP contribution in [0.2, 0.25) is 5.02 Å². The molecule has 0 saturated heterocycles. The summed E-state index contributed by atoms with van der Waals surface area (Å²) < 4.78 is 31.4. The molecule has 0 fully saturated rings. The van der Waals surface area contributed by atoms with Gasteiger partial charge in [0.25, 0.3) is 0 Å². The molecule has 0 bridgehead atoms. The summed E-state index contributed by atoms with van der Waals surface area (Å²) in [4.78, 5) is 11.2. The van der Waals surface area contributed by atoms with E-state index in [0.29, 0.717) is 0 Å². The van der Waals surface area contributed by atoms with E-state index in [4.69, 9.17) is 16.7 Å².